The van der Waals surface area contributed by atoms with Crippen LogP contribution in [-0.4, -0.2) is 25.5 Å². The van der Waals surface area contributed by atoms with Crippen LogP contribution in [0.1, 0.15) is 66.7 Å². The summed E-state index contributed by atoms with van der Waals surface area (Å²) in [6.07, 6.45) is 6.96. The first-order valence-electron chi connectivity index (χ1n) is 6.42. The fourth-order valence-electron chi connectivity index (χ4n) is 1.03. The van der Waals surface area contributed by atoms with Crippen LogP contribution in [0.4, 0.5) is 0 Å². The average molecular weight is 203 g/mol. The van der Waals surface area contributed by atoms with Crippen LogP contribution in [-0.2, 0) is 0 Å². The Labute approximate surface area is 92.9 Å². The molecule has 0 aliphatic carbocycles. The summed E-state index contributed by atoms with van der Waals surface area (Å²) >= 11 is 0. The molecule has 0 N–H and O–H groups in total. The van der Waals surface area contributed by atoms with Gasteiger partial charge in [-0.15, -0.1) is 0 Å². The summed E-state index contributed by atoms with van der Waals surface area (Å²) in [6.45, 7) is 11.5. The second-order valence-electron chi connectivity index (χ2n) is 3.22. The van der Waals surface area contributed by atoms with E-state index in [-0.39, 0.29) is 0 Å². The molecule has 0 spiro atoms. The van der Waals surface area contributed by atoms with Gasteiger partial charge in [0.1, 0.15) is 0 Å². The Bertz CT molecular complexity index is 60.3. The average Bonchev–Trinajstić information content (AvgIpc) is 2.23. The van der Waals surface area contributed by atoms with Crippen LogP contribution in [0, 0.1) is 0 Å². The standard InChI is InChI=1S/C9H21N.2C2H6/c1-4-5-6-7-8-9-10(2)3;2*1-2/h4-9H2,1-3H3;2*1-2H3. The minimum Gasteiger partial charge on any atom is -0.309 e. The minimum atomic E-state index is 1.25. The van der Waals surface area contributed by atoms with Crippen LogP contribution in [0.15, 0.2) is 0 Å². The molecule has 1 nitrogen and oxygen atoms in total. The van der Waals surface area contributed by atoms with E-state index in [0.717, 1.165) is 0 Å². The van der Waals surface area contributed by atoms with E-state index in [9.17, 15) is 0 Å². The van der Waals surface area contributed by atoms with Gasteiger partial charge in [0.15, 0.2) is 0 Å². The van der Waals surface area contributed by atoms with Crippen molar-refractivity contribution in [3.63, 3.8) is 0 Å². The molecule has 1 heteroatoms. The monoisotopic (exact) mass is 203 g/mol. The van der Waals surface area contributed by atoms with Crippen LogP contribution in [0.5, 0.6) is 0 Å². The van der Waals surface area contributed by atoms with Gasteiger partial charge < -0.3 is 4.90 Å². The molecule has 0 bridgehead atoms. The van der Waals surface area contributed by atoms with Crippen LogP contribution in [0.2, 0.25) is 0 Å². The van der Waals surface area contributed by atoms with Gasteiger partial charge in [0.25, 0.3) is 0 Å². The highest BCUT2D eigenvalue weighted by atomic mass is 15.0. The summed E-state index contributed by atoms with van der Waals surface area (Å²) in [6, 6.07) is 0. The largest absolute Gasteiger partial charge is 0.309 e. The maximum atomic E-state index is 2.26. The van der Waals surface area contributed by atoms with E-state index >= 15 is 0 Å². The van der Waals surface area contributed by atoms with E-state index in [1.54, 1.807) is 0 Å². The van der Waals surface area contributed by atoms with Crippen molar-refractivity contribution < 1.29 is 0 Å². The molecule has 0 unspecified atom stereocenters. The zero-order chi connectivity index (χ0) is 11.8. The maximum absolute atomic E-state index is 2.26. The normalized spacial score (nSPS) is 8.57. The molecule has 0 heterocycles. The van der Waals surface area contributed by atoms with E-state index in [1.165, 1.54) is 38.6 Å². The van der Waals surface area contributed by atoms with E-state index in [1.807, 2.05) is 27.7 Å². The van der Waals surface area contributed by atoms with Gasteiger partial charge in [-0.2, -0.15) is 0 Å². The van der Waals surface area contributed by atoms with Crippen LogP contribution < -0.4 is 0 Å². The summed E-state index contributed by atoms with van der Waals surface area (Å²) in [5, 5.41) is 0. The van der Waals surface area contributed by atoms with Crippen molar-refractivity contribution in [2.24, 2.45) is 0 Å². The molecule has 0 amide bonds. The second kappa shape index (κ2) is 23.1. The number of hydrogen-bond donors (Lipinski definition) is 0. The van der Waals surface area contributed by atoms with Gasteiger partial charge in [-0.05, 0) is 27.1 Å². The summed E-state index contributed by atoms with van der Waals surface area (Å²) in [7, 11) is 4.28. The van der Waals surface area contributed by atoms with Crippen molar-refractivity contribution in [1.82, 2.24) is 4.90 Å². The predicted molar refractivity (Wildman–Crippen MR) is 70.0 cm³/mol. The molecule has 0 aliphatic heterocycles. The van der Waals surface area contributed by atoms with Crippen LogP contribution in [0.3, 0.4) is 0 Å². The van der Waals surface area contributed by atoms with Gasteiger partial charge in [-0.1, -0.05) is 60.3 Å². The zero-order valence-electron chi connectivity index (χ0n) is 11.7. The van der Waals surface area contributed by atoms with Crippen LogP contribution >= 0.6 is 0 Å². The second-order valence-corrected chi connectivity index (χ2v) is 3.22. The predicted octanol–water partition coefficient (Wildman–Crippen LogP) is 4.57. The Kier molecular flexibility index (Phi) is 32.2. The quantitative estimate of drug-likeness (QED) is 0.572. The lowest BCUT2D eigenvalue weighted by molar-refractivity contribution is 0.390. The highest BCUT2D eigenvalue weighted by molar-refractivity contribution is 4.45. The first kappa shape index (κ1) is 19.5. The van der Waals surface area contributed by atoms with Gasteiger partial charge >= 0.3 is 0 Å². The molecule has 0 aliphatic rings. The van der Waals surface area contributed by atoms with E-state index in [2.05, 4.69) is 25.9 Å². The molecular formula is C13H33N. The Morgan fingerprint density at radius 1 is 0.714 bits per heavy atom. The molecular weight excluding hydrogens is 170 g/mol. The SMILES string of the molecule is CC.CC.CCCCCCCN(C)C. The number of unbranched alkanes of at least 4 members (excludes halogenated alkanes) is 4. The Morgan fingerprint density at radius 3 is 1.50 bits per heavy atom. The fraction of sp³-hybridized carbons (Fsp3) is 1.00. The van der Waals surface area contributed by atoms with E-state index < -0.39 is 0 Å². The smallest absolute Gasteiger partial charge is 0.00248 e. The maximum Gasteiger partial charge on any atom is -0.00248 e. The van der Waals surface area contributed by atoms with Crippen molar-refractivity contribution in [3.05, 3.63) is 0 Å². The van der Waals surface area contributed by atoms with Crippen LogP contribution in [0.25, 0.3) is 0 Å². The van der Waals surface area contributed by atoms with Crippen molar-refractivity contribution in [3.8, 4) is 0 Å². The Hall–Kier alpha value is -0.0400. The number of rotatable bonds is 6. The fourth-order valence-corrected chi connectivity index (χ4v) is 1.03. The molecule has 0 aromatic rings. The van der Waals surface area contributed by atoms with E-state index in [4.69, 9.17) is 0 Å². The van der Waals surface area contributed by atoms with Gasteiger partial charge in [0.2, 0.25) is 0 Å². The number of nitrogens with zero attached hydrogens (tertiary/aromatic N) is 1. The minimum absolute atomic E-state index is 1.25. The first-order chi connectivity index (χ1) is 6.77. The summed E-state index contributed by atoms with van der Waals surface area (Å²) in [4.78, 5) is 2.26. The molecule has 0 radical (unpaired) electrons. The molecule has 0 atom stereocenters. The zero-order valence-corrected chi connectivity index (χ0v) is 11.7. The summed E-state index contributed by atoms with van der Waals surface area (Å²) < 4.78 is 0. The third-order valence-electron chi connectivity index (χ3n) is 1.71. The van der Waals surface area contributed by atoms with Crippen molar-refractivity contribution in [2.75, 3.05) is 20.6 Å². The third kappa shape index (κ3) is 29.7. The van der Waals surface area contributed by atoms with Crippen molar-refractivity contribution in [1.29, 1.82) is 0 Å². The van der Waals surface area contributed by atoms with Gasteiger partial charge in [-0.25, -0.2) is 0 Å². The topological polar surface area (TPSA) is 3.24 Å². The Balaban J connectivity index is -0.000000266. The molecule has 0 aromatic heterocycles. The van der Waals surface area contributed by atoms with Gasteiger partial charge in [0, 0.05) is 0 Å². The molecule has 0 aromatic carbocycles. The third-order valence-corrected chi connectivity index (χ3v) is 1.71. The molecule has 0 fully saturated rings. The number of hydrogen-bond acceptors (Lipinski definition) is 1. The molecule has 0 saturated carbocycles. The van der Waals surface area contributed by atoms with E-state index in [0.29, 0.717) is 0 Å². The van der Waals surface area contributed by atoms with Gasteiger partial charge in [0.05, 0.1) is 0 Å². The van der Waals surface area contributed by atoms with Crippen molar-refractivity contribution in [2.45, 2.75) is 66.7 Å². The lowest BCUT2D eigenvalue weighted by Crippen LogP contribution is -2.12. The molecule has 0 rings (SSSR count). The van der Waals surface area contributed by atoms with Crippen molar-refractivity contribution >= 4 is 0 Å². The lowest BCUT2D eigenvalue weighted by atomic mass is 10.1. The molecule has 14 heavy (non-hydrogen) atoms. The highest BCUT2D eigenvalue weighted by Gasteiger charge is 1.89. The Morgan fingerprint density at radius 2 is 1.14 bits per heavy atom. The first-order valence-corrected chi connectivity index (χ1v) is 6.42. The lowest BCUT2D eigenvalue weighted by Gasteiger charge is -2.07. The molecule has 90 valence electrons. The van der Waals surface area contributed by atoms with Gasteiger partial charge in [-0.3, -0.25) is 0 Å². The summed E-state index contributed by atoms with van der Waals surface area (Å²) in [5.74, 6) is 0. The summed E-state index contributed by atoms with van der Waals surface area (Å²) in [5.41, 5.74) is 0. The highest BCUT2D eigenvalue weighted by Crippen LogP contribution is 2.01. The molecule has 0 saturated heterocycles.